The maximum atomic E-state index is 12.5. The Morgan fingerprint density at radius 1 is 0.920 bits per heavy atom. The van der Waals surface area contributed by atoms with Crippen molar-refractivity contribution in [3.05, 3.63) is 71.8 Å². The van der Waals surface area contributed by atoms with E-state index in [9.17, 15) is 22.8 Å². The van der Waals surface area contributed by atoms with Gasteiger partial charge >= 0.3 is 12.1 Å². The summed E-state index contributed by atoms with van der Waals surface area (Å²) in [5.74, 6) is -2.53. The van der Waals surface area contributed by atoms with Crippen LogP contribution < -0.4 is 10.6 Å². The van der Waals surface area contributed by atoms with Gasteiger partial charge in [0.15, 0.2) is 0 Å². The summed E-state index contributed by atoms with van der Waals surface area (Å²) in [6, 6.07) is 16.1. The number of carbonyl (C=O) groups is 2. The van der Waals surface area contributed by atoms with E-state index in [1.807, 2.05) is 35.6 Å². The van der Waals surface area contributed by atoms with E-state index in [1.165, 1.54) is 0 Å². The zero-order chi connectivity index (χ0) is 18.3. The lowest BCUT2D eigenvalue weighted by atomic mass is 10.0. The minimum absolute atomic E-state index is 0.258. The third-order valence-corrected chi connectivity index (χ3v) is 3.49. The van der Waals surface area contributed by atoms with Crippen LogP contribution in [0.2, 0.25) is 0 Å². The van der Waals surface area contributed by atoms with E-state index in [0.29, 0.717) is 5.56 Å². The molecule has 0 spiro atoms. The molecule has 7 heteroatoms. The summed E-state index contributed by atoms with van der Waals surface area (Å²) in [6.45, 7) is 0.258. The summed E-state index contributed by atoms with van der Waals surface area (Å²) in [6.07, 6.45) is -5.30. The molecule has 0 aliphatic rings. The summed E-state index contributed by atoms with van der Waals surface area (Å²) in [5, 5.41) is 4.52. The quantitative estimate of drug-likeness (QED) is 0.841. The molecule has 2 rings (SSSR count). The lowest BCUT2D eigenvalue weighted by molar-refractivity contribution is -0.174. The van der Waals surface area contributed by atoms with Gasteiger partial charge in [0.1, 0.15) is 0 Å². The summed E-state index contributed by atoms with van der Waals surface area (Å²) in [7, 11) is 0. The van der Waals surface area contributed by atoms with Crippen LogP contribution >= 0.6 is 0 Å². The fraction of sp³-hybridized carbons (Fsp3) is 0.222. The third-order valence-electron chi connectivity index (χ3n) is 3.49. The molecular formula is C18H17F3N2O2. The number of hydrogen-bond donors (Lipinski definition) is 2. The van der Waals surface area contributed by atoms with Gasteiger partial charge in [0, 0.05) is 6.54 Å². The minimum Gasteiger partial charge on any atom is -0.352 e. The first-order valence-electron chi connectivity index (χ1n) is 7.59. The summed E-state index contributed by atoms with van der Waals surface area (Å²) < 4.78 is 37.6. The number of amides is 2. The molecule has 25 heavy (non-hydrogen) atoms. The molecule has 0 aromatic heterocycles. The first-order chi connectivity index (χ1) is 11.9. The highest BCUT2D eigenvalue weighted by Crippen LogP contribution is 2.21. The minimum atomic E-state index is -5.01. The molecule has 0 radical (unpaired) electrons. The van der Waals surface area contributed by atoms with E-state index >= 15 is 0 Å². The first kappa shape index (κ1) is 18.5. The predicted molar refractivity (Wildman–Crippen MR) is 86.3 cm³/mol. The van der Waals surface area contributed by atoms with Crippen molar-refractivity contribution < 1.29 is 22.8 Å². The monoisotopic (exact) mass is 350 g/mol. The van der Waals surface area contributed by atoms with Gasteiger partial charge in [-0.05, 0) is 11.1 Å². The van der Waals surface area contributed by atoms with E-state index in [2.05, 4.69) is 5.32 Å². The molecule has 2 aromatic rings. The van der Waals surface area contributed by atoms with Gasteiger partial charge < -0.3 is 10.6 Å². The Morgan fingerprint density at radius 3 is 2.04 bits per heavy atom. The largest absolute Gasteiger partial charge is 0.471 e. The highest BCUT2D eigenvalue weighted by atomic mass is 19.4. The van der Waals surface area contributed by atoms with Crippen molar-refractivity contribution in [3.63, 3.8) is 0 Å². The van der Waals surface area contributed by atoms with Crippen molar-refractivity contribution in [1.82, 2.24) is 10.6 Å². The standard InChI is InChI=1S/C18H17F3N2O2/c19-18(20,21)17(25)23-15(14-9-5-2-6-10-14)11-16(24)22-12-13-7-3-1-4-8-13/h1-10,15H,11-12H2,(H,22,24)(H,23,25). The zero-order valence-electron chi connectivity index (χ0n) is 13.2. The highest BCUT2D eigenvalue weighted by Gasteiger charge is 2.40. The normalized spacial score (nSPS) is 12.3. The van der Waals surface area contributed by atoms with Crippen LogP contribution in [0.5, 0.6) is 0 Å². The molecule has 0 aliphatic heterocycles. The van der Waals surface area contributed by atoms with Crippen molar-refractivity contribution in [3.8, 4) is 0 Å². The fourth-order valence-corrected chi connectivity index (χ4v) is 2.23. The highest BCUT2D eigenvalue weighted by molar-refractivity contribution is 5.83. The molecule has 2 aromatic carbocycles. The van der Waals surface area contributed by atoms with Crippen molar-refractivity contribution in [2.24, 2.45) is 0 Å². The van der Waals surface area contributed by atoms with Gasteiger partial charge in [-0.2, -0.15) is 13.2 Å². The van der Waals surface area contributed by atoms with Crippen molar-refractivity contribution >= 4 is 11.8 Å². The van der Waals surface area contributed by atoms with Gasteiger partial charge in [-0.3, -0.25) is 9.59 Å². The molecular weight excluding hydrogens is 333 g/mol. The maximum absolute atomic E-state index is 12.5. The van der Waals surface area contributed by atoms with Crippen molar-refractivity contribution in [1.29, 1.82) is 0 Å². The molecule has 0 saturated heterocycles. The Labute approximate surface area is 143 Å². The van der Waals surface area contributed by atoms with Crippen molar-refractivity contribution in [2.45, 2.75) is 25.2 Å². The van der Waals surface area contributed by atoms with Crippen LogP contribution in [0.25, 0.3) is 0 Å². The second-order valence-corrected chi connectivity index (χ2v) is 5.40. The number of halogens is 3. The SMILES string of the molecule is O=C(CC(NC(=O)C(F)(F)F)c1ccccc1)NCc1ccccc1. The smallest absolute Gasteiger partial charge is 0.352 e. The van der Waals surface area contributed by atoms with Crippen LogP contribution in [-0.2, 0) is 16.1 Å². The van der Waals surface area contributed by atoms with Crippen molar-refractivity contribution in [2.75, 3.05) is 0 Å². The third kappa shape index (κ3) is 5.95. The number of rotatable bonds is 6. The van der Waals surface area contributed by atoms with E-state index in [1.54, 1.807) is 30.3 Å². The van der Waals surface area contributed by atoms with E-state index in [0.717, 1.165) is 5.56 Å². The molecule has 1 atom stereocenters. The molecule has 4 nitrogen and oxygen atoms in total. The van der Waals surface area contributed by atoms with Crippen LogP contribution in [-0.4, -0.2) is 18.0 Å². The lowest BCUT2D eigenvalue weighted by Gasteiger charge is -2.20. The van der Waals surface area contributed by atoms with Crippen LogP contribution in [0.3, 0.4) is 0 Å². The van der Waals surface area contributed by atoms with Gasteiger partial charge in [0.25, 0.3) is 0 Å². The summed E-state index contributed by atoms with van der Waals surface area (Å²) in [4.78, 5) is 23.3. The lowest BCUT2D eigenvalue weighted by Crippen LogP contribution is -2.40. The molecule has 0 fully saturated rings. The van der Waals surface area contributed by atoms with Gasteiger partial charge in [0.2, 0.25) is 5.91 Å². The van der Waals surface area contributed by atoms with E-state index in [4.69, 9.17) is 0 Å². The number of nitrogens with one attached hydrogen (secondary N) is 2. The van der Waals surface area contributed by atoms with Crippen LogP contribution in [0.1, 0.15) is 23.6 Å². The zero-order valence-corrected chi connectivity index (χ0v) is 13.2. The van der Waals surface area contributed by atoms with Gasteiger partial charge in [-0.1, -0.05) is 60.7 Å². The molecule has 1 unspecified atom stereocenters. The van der Waals surface area contributed by atoms with E-state index in [-0.39, 0.29) is 13.0 Å². The molecule has 0 heterocycles. The van der Waals surface area contributed by atoms with Crippen LogP contribution in [0.15, 0.2) is 60.7 Å². The second kappa shape index (κ2) is 8.32. The molecule has 132 valence electrons. The Morgan fingerprint density at radius 2 is 1.48 bits per heavy atom. The average Bonchev–Trinajstić information content (AvgIpc) is 2.60. The second-order valence-electron chi connectivity index (χ2n) is 5.40. The number of benzene rings is 2. The molecule has 0 bridgehead atoms. The van der Waals surface area contributed by atoms with Gasteiger partial charge in [-0.15, -0.1) is 0 Å². The Balaban J connectivity index is 2.02. The maximum Gasteiger partial charge on any atom is 0.471 e. The molecule has 2 N–H and O–H groups in total. The van der Waals surface area contributed by atoms with Gasteiger partial charge in [0.05, 0.1) is 12.5 Å². The van der Waals surface area contributed by atoms with Crippen LogP contribution in [0.4, 0.5) is 13.2 Å². The molecule has 0 saturated carbocycles. The Kier molecular flexibility index (Phi) is 6.16. The average molecular weight is 350 g/mol. The summed E-state index contributed by atoms with van der Waals surface area (Å²) >= 11 is 0. The predicted octanol–water partition coefficient (Wildman–Crippen LogP) is 3.11. The first-order valence-corrected chi connectivity index (χ1v) is 7.59. The van der Waals surface area contributed by atoms with E-state index < -0.39 is 24.0 Å². The summed E-state index contributed by atoms with van der Waals surface area (Å²) in [5.41, 5.74) is 1.29. The molecule has 0 aliphatic carbocycles. The van der Waals surface area contributed by atoms with Gasteiger partial charge in [-0.25, -0.2) is 0 Å². The van der Waals surface area contributed by atoms with Crippen LogP contribution in [0, 0.1) is 0 Å². The number of hydrogen-bond acceptors (Lipinski definition) is 2. The topological polar surface area (TPSA) is 58.2 Å². The number of alkyl halides is 3. The Hall–Kier alpha value is -2.83. The fourth-order valence-electron chi connectivity index (χ4n) is 2.23. The number of carbonyl (C=O) groups excluding carboxylic acids is 2. The Bertz CT molecular complexity index is 703. The molecule has 2 amide bonds.